The maximum atomic E-state index is 12.2. The van der Waals surface area contributed by atoms with Crippen molar-refractivity contribution in [3.63, 3.8) is 0 Å². The maximum Gasteiger partial charge on any atom is 0.513 e. The van der Waals surface area contributed by atoms with Crippen molar-refractivity contribution in [2.75, 3.05) is 13.2 Å². The van der Waals surface area contributed by atoms with E-state index in [1.807, 2.05) is 0 Å². The zero-order chi connectivity index (χ0) is 19.3. The van der Waals surface area contributed by atoms with Crippen LogP contribution in [0.15, 0.2) is 24.3 Å². The predicted octanol–water partition coefficient (Wildman–Crippen LogP) is 3.51. The van der Waals surface area contributed by atoms with E-state index in [9.17, 15) is 19.7 Å². The molecule has 0 saturated carbocycles. The molecule has 1 fully saturated rings. The zero-order valence-corrected chi connectivity index (χ0v) is 15.0. The maximum absolute atomic E-state index is 12.2. The fourth-order valence-electron chi connectivity index (χ4n) is 2.50. The molecule has 1 heterocycles. The molecule has 1 aromatic carbocycles. The van der Waals surface area contributed by atoms with Gasteiger partial charge in [0.15, 0.2) is 0 Å². The average molecular weight is 366 g/mol. The van der Waals surface area contributed by atoms with Gasteiger partial charge in [0.2, 0.25) is 0 Å². The Morgan fingerprint density at radius 2 is 1.92 bits per heavy atom. The van der Waals surface area contributed by atoms with Crippen LogP contribution >= 0.6 is 0 Å². The van der Waals surface area contributed by atoms with Gasteiger partial charge in [0.1, 0.15) is 18.0 Å². The number of benzene rings is 1. The van der Waals surface area contributed by atoms with Crippen molar-refractivity contribution in [1.82, 2.24) is 4.90 Å². The van der Waals surface area contributed by atoms with Crippen LogP contribution < -0.4 is 4.74 Å². The molecule has 0 unspecified atom stereocenters. The van der Waals surface area contributed by atoms with Crippen LogP contribution in [0.2, 0.25) is 0 Å². The number of carbonyl (C=O) groups is 2. The van der Waals surface area contributed by atoms with Gasteiger partial charge in [-0.1, -0.05) is 0 Å². The lowest BCUT2D eigenvalue weighted by Gasteiger charge is -2.28. The summed E-state index contributed by atoms with van der Waals surface area (Å²) in [5.74, 6) is 0.135. The van der Waals surface area contributed by atoms with Gasteiger partial charge >= 0.3 is 12.2 Å². The molecule has 0 aromatic heterocycles. The van der Waals surface area contributed by atoms with E-state index in [2.05, 4.69) is 0 Å². The van der Waals surface area contributed by atoms with Crippen molar-refractivity contribution in [2.45, 2.75) is 45.3 Å². The third-order valence-corrected chi connectivity index (χ3v) is 3.65. The molecule has 142 valence electrons. The lowest BCUT2D eigenvalue weighted by molar-refractivity contribution is -0.384. The third-order valence-electron chi connectivity index (χ3n) is 3.65. The molecule has 26 heavy (non-hydrogen) atoms. The summed E-state index contributed by atoms with van der Waals surface area (Å²) in [6.45, 7) is 5.89. The minimum absolute atomic E-state index is 0.00887. The van der Waals surface area contributed by atoms with E-state index in [1.54, 1.807) is 25.7 Å². The molecule has 1 amide bonds. The van der Waals surface area contributed by atoms with Crippen LogP contribution in [0.1, 0.15) is 33.6 Å². The summed E-state index contributed by atoms with van der Waals surface area (Å²) in [6, 6.07) is 4.80. The summed E-state index contributed by atoms with van der Waals surface area (Å²) < 4.78 is 15.4. The number of nitrogens with zero attached hydrogens (tertiary/aromatic N) is 2. The van der Waals surface area contributed by atoms with E-state index >= 15 is 0 Å². The molecule has 0 radical (unpaired) electrons. The van der Waals surface area contributed by atoms with Gasteiger partial charge in [0.05, 0.1) is 11.0 Å². The topological polar surface area (TPSA) is 108 Å². The number of hydrogen-bond donors (Lipinski definition) is 0. The molecule has 1 aromatic rings. The van der Waals surface area contributed by atoms with Crippen molar-refractivity contribution in [1.29, 1.82) is 0 Å². The molecule has 1 aliphatic heterocycles. The predicted molar refractivity (Wildman–Crippen MR) is 91.0 cm³/mol. The monoisotopic (exact) mass is 366 g/mol. The highest BCUT2D eigenvalue weighted by Gasteiger charge is 2.33. The number of amides is 1. The first-order valence-electron chi connectivity index (χ1n) is 8.24. The molecule has 0 spiro atoms. The van der Waals surface area contributed by atoms with Crippen LogP contribution in [0.4, 0.5) is 15.3 Å². The lowest BCUT2D eigenvalue weighted by atomic mass is 10.2. The van der Waals surface area contributed by atoms with Gasteiger partial charge in [-0.05, 0) is 45.7 Å². The standard InChI is InChI=1S/C17H22N2O7/c1-17(2,3)26-15(20)18-10-4-5-13(18)11-24-16(21)25-14-8-6-12(7-9-14)19(22)23/h6-9,13H,4-5,10-11H2,1-3H3/t13-/m0/s1. The number of ether oxygens (including phenoxy) is 3. The van der Waals surface area contributed by atoms with E-state index in [1.165, 1.54) is 24.3 Å². The molecule has 1 aliphatic rings. The quantitative estimate of drug-likeness (QED) is 0.347. The highest BCUT2D eigenvalue weighted by Crippen LogP contribution is 2.22. The Labute approximate surface area is 151 Å². The molecule has 1 atom stereocenters. The Hall–Kier alpha value is -2.84. The number of carbonyl (C=O) groups excluding carboxylic acids is 2. The second kappa shape index (κ2) is 8.03. The van der Waals surface area contributed by atoms with Gasteiger partial charge in [0.25, 0.3) is 5.69 Å². The van der Waals surface area contributed by atoms with Gasteiger partial charge in [-0.2, -0.15) is 0 Å². The van der Waals surface area contributed by atoms with Crippen molar-refractivity contribution in [2.24, 2.45) is 0 Å². The van der Waals surface area contributed by atoms with Crippen LogP contribution in [-0.2, 0) is 9.47 Å². The second-order valence-electron chi connectivity index (χ2n) is 6.88. The van der Waals surface area contributed by atoms with Crippen molar-refractivity contribution >= 4 is 17.9 Å². The first kappa shape index (κ1) is 19.5. The molecule has 2 rings (SSSR count). The van der Waals surface area contributed by atoms with Crippen LogP contribution in [0.3, 0.4) is 0 Å². The van der Waals surface area contributed by atoms with Gasteiger partial charge < -0.3 is 19.1 Å². The van der Waals surface area contributed by atoms with E-state index in [4.69, 9.17) is 14.2 Å². The highest BCUT2D eigenvalue weighted by atomic mass is 16.7. The molecular formula is C17H22N2O7. The SMILES string of the molecule is CC(C)(C)OC(=O)N1CCC[C@H]1COC(=O)Oc1ccc([N+](=O)[O-])cc1. The summed E-state index contributed by atoms with van der Waals surface area (Å²) >= 11 is 0. The fourth-order valence-corrected chi connectivity index (χ4v) is 2.50. The van der Waals surface area contributed by atoms with E-state index < -0.39 is 22.8 Å². The number of nitro groups is 1. The third kappa shape index (κ3) is 5.61. The smallest absolute Gasteiger partial charge is 0.444 e. The van der Waals surface area contributed by atoms with Gasteiger partial charge in [0, 0.05) is 18.7 Å². The van der Waals surface area contributed by atoms with E-state index in [0.29, 0.717) is 13.0 Å². The molecule has 0 aliphatic carbocycles. The van der Waals surface area contributed by atoms with Crippen LogP contribution in [-0.4, -0.2) is 46.9 Å². The zero-order valence-electron chi connectivity index (χ0n) is 15.0. The van der Waals surface area contributed by atoms with Crippen molar-refractivity contribution in [3.05, 3.63) is 34.4 Å². The largest absolute Gasteiger partial charge is 0.513 e. The van der Waals surface area contributed by atoms with Gasteiger partial charge in [-0.3, -0.25) is 10.1 Å². The first-order valence-corrected chi connectivity index (χ1v) is 8.24. The highest BCUT2D eigenvalue weighted by molar-refractivity contribution is 5.69. The van der Waals surface area contributed by atoms with Crippen molar-refractivity contribution in [3.8, 4) is 5.75 Å². The van der Waals surface area contributed by atoms with Crippen molar-refractivity contribution < 1.29 is 28.7 Å². The fraction of sp³-hybridized carbons (Fsp3) is 0.529. The molecule has 1 saturated heterocycles. The molecule has 9 heteroatoms. The Bertz CT molecular complexity index is 667. The number of likely N-dealkylation sites (tertiary alicyclic amines) is 1. The summed E-state index contributed by atoms with van der Waals surface area (Å²) in [4.78, 5) is 35.5. The second-order valence-corrected chi connectivity index (χ2v) is 6.88. The number of hydrogen-bond acceptors (Lipinski definition) is 7. The van der Waals surface area contributed by atoms with Crippen LogP contribution in [0, 0.1) is 10.1 Å². The first-order chi connectivity index (χ1) is 12.2. The minimum atomic E-state index is -0.935. The minimum Gasteiger partial charge on any atom is -0.444 e. The van der Waals surface area contributed by atoms with Crippen LogP contribution in [0.5, 0.6) is 5.75 Å². The normalized spacial score (nSPS) is 16.9. The van der Waals surface area contributed by atoms with Crippen LogP contribution in [0.25, 0.3) is 0 Å². The number of nitro benzene ring substituents is 1. The molecule has 0 bridgehead atoms. The molecular weight excluding hydrogens is 344 g/mol. The van der Waals surface area contributed by atoms with E-state index in [0.717, 1.165) is 6.42 Å². The Morgan fingerprint density at radius 3 is 2.50 bits per heavy atom. The summed E-state index contributed by atoms with van der Waals surface area (Å²) in [7, 11) is 0. The van der Waals surface area contributed by atoms with Gasteiger partial charge in [-0.25, -0.2) is 9.59 Å². The Morgan fingerprint density at radius 1 is 1.27 bits per heavy atom. The van der Waals surface area contributed by atoms with Gasteiger partial charge in [-0.15, -0.1) is 0 Å². The molecule has 9 nitrogen and oxygen atoms in total. The Balaban J connectivity index is 1.84. The lowest BCUT2D eigenvalue weighted by Crippen LogP contribution is -2.42. The summed E-state index contributed by atoms with van der Waals surface area (Å²) in [5, 5.41) is 10.6. The summed E-state index contributed by atoms with van der Waals surface area (Å²) in [5.41, 5.74) is -0.704. The Kier molecular flexibility index (Phi) is 6.01. The number of rotatable bonds is 4. The summed E-state index contributed by atoms with van der Waals surface area (Å²) in [6.07, 6.45) is 0.122. The molecule has 0 N–H and O–H groups in total. The van der Waals surface area contributed by atoms with E-state index in [-0.39, 0.29) is 24.1 Å². The number of non-ortho nitro benzene ring substituents is 1. The average Bonchev–Trinajstić information content (AvgIpc) is 3.00.